The Bertz CT molecular complexity index is 515. The molecule has 2 aromatic rings. The highest BCUT2D eigenvalue weighted by Gasteiger charge is 2.18. The first-order valence-electron chi connectivity index (χ1n) is 6.64. The van der Waals surface area contributed by atoms with Gasteiger partial charge in [-0.05, 0) is 12.5 Å². The Morgan fingerprint density at radius 2 is 2.05 bits per heavy atom. The summed E-state index contributed by atoms with van der Waals surface area (Å²) in [6.45, 7) is 4.10. The van der Waals surface area contributed by atoms with Crippen LogP contribution in [0.15, 0.2) is 34.7 Å². The predicted molar refractivity (Wildman–Crippen MR) is 76.5 cm³/mol. The summed E-state index contributed by atoms with van der Waals surface area (Å²) in [5.74, 6) is 0.419. The molecular weight excluding hydrogens is 256 g/mol. The lowest BCUT2D eigenvalue weighted by atomic mass is 10.1. The molecule has 0 aliphatic heterocycles. The summed E-state index contributed by atoms with van der Waals surface area (Å²) in [5, 5.41) is 8.11. The van der Waals surface area contributed by atoms with Crippen molar-refractivity contribution in [3.8, 4) is 0 Å². The van der Waals surface area contributed by atoms with Crippen molar-refractivity contribution in [2.75, 3.05) is 31.7 Å². The summed E-state index contributed by atoms with van der Waals surface area (Å²) < 4.78 is 10.7. The van der Waals surface area contributed by atoms with Crippen LogP contribution in [0, 0.1) is 0 Å². The quantitative estimate of drug-likeness (QED) is 0.827. The third-order valence-electron chi connectivity index (χ3n) is 3.07. The molecule has 1 aromatic carbocycles. The zero-order chi connectivity index (χ0) is 14.4. The van der Waals surface area contributed by atoms with Gasteiger partial charge in [-0.1, -0.05) is 35.4 Å². The van der Waals surface area contributed by atoms with E-state index < -0.39 is 6.04 Å². The molecule has 0 aliphatic rings. The molecule has 0 unspecified atom stereocenters. The maximum atomic E-state index is 6.13. The maximum absolute atomic E-state index is 6.13. The van der Waals surface area contributed by atoms with Crippen molar-refractivity contribution >= 4 is 6.01 Å². The van der Waals surface area contributed by atoms with Crippen LogP contribution in [0.4, 0.5) is 6.01 Å². The summed E-state index contributed by atoms with van der Waals surface area (Å²) >= 11 is 0. The number of rotatable bonds is 7. The van der Waals surface area contributed by atoms with Crippen molar-refractivity contribution in [1.82, 2.24) is 10.2 Å². The number of benzene rings is 1. The van der Waals surface area contributed by atoms with Gasteiger partial charge in [0.2, 0.25) is 5.89 Å². The number of likely N-dealkylation sites (N-methyl/N-ethyl adjacent to an activating group) is 1. The Morgan fingerprint density at radius 1 is 1.30 bits per heavy atom. The fourth-order valence-corrected chi connectivity index (χ4v) is 1.87. The number of methoxy groups -OCH3 is 1. The van der Waals surface area contributed by atoms with Gasteiger partial charge in [-0.2, -0.15) is 0 Å². The highest BCUT2D eigenvalue weighted by Crippen LogP contribution is 2.21. The molecular formula is C14H20N4O2. The Morgan fingerprint density at radius 3 is 2.70 bits per heavy atom. The zero-order valence-electron chi connectivity index (χ0n) is 11.8. The van der Waals surface area contributed by atoms with Crippen LogP contribution in [-0.2, 0) is 4.74 Å². The van der Waals surface area contributed by atoms with Gasteiger partial charge in [0.05, 0.1) is 6.61 Å². The molecule has 0 spiro atoms. The standard InChI is InChI=1S/C14H20N4O2/c1-3-18(9-10-19-2)14-17-16-13(20-14)12(15)11-7-5-4-6-8-11/h4-8,12H,3,9-10,15H2,1-2H3/t12-/m1/s1. The van der Waals surface area contributed by atoms with Crippen LogP contribution in [0.25, 0.3) is 0 Å². The molecule has 0 saturated carbocycles. The maximum Gasteiger partial charge on any atom is 0.318 e. The Hall–Kier alpha value is -1.92. The van der Waals surface area contributed by atoms with Crippen LogP contribution < -0.4 is 10.6 Å². The van der Waals surface area contributed by atoms with Gasteiger partial charge in [-0.3, -0.25) is 0 Å². The van der Waals surface area contributed by atoms with E-state index in [1.54, 1.807) is 7.11 Å². The molecule has 1 atom stereocenters. The van der Waals surface area contributed by atoms with Crippen LogP contribution in [0.1, 0.15) is 24.4 Å². The summed E-state index contributed by atoms with van der Waals surface area (Å²) in [6, 6.07) is 9.77. The van der Waals surface area contributed by atoms with Gasteiger partial charge >= 0.3 is 6.01 Å². The fourth-order valence-electron chi connectivity index (χ4n) is 1.87. The van der Waals surface area contributed by atoms with Gasteiger partial charge < -0.3 is 19.8 Å². The second-order valence-electron chi connectivity index (χ2n) is 4.38. The molecule has 0 bridgehead atoms. The molecule has 0 fully saturated rings. The highest BCUT2D eigenvalue weighted by atomic mass is 16.5. The van der Waals surface area contributed by atoms with Crippen LogP contribution in [0.2, 0.25) is 0 Å². The molecule has 0 radical (unpaired) electrons. The zero-order valence-corrected chi connectivity index (χ0v) is 11.8. The van der Waals surface area contributed by atoms with E-state index >= 15 is 0 Å². The van der Waals surface area contributed by atoms with Gasteiger partial charge in [0.1, 0.15) is 6.04 Å². The number of anilines is 1. The minimum Gasteiger partial charge on any atom is -0.406 e. The van der Waals surface area contributed by atoms with E-state index in [0.29, 0.717) is 25.1 Å². The lowest BCUT2D eigenvalue weighted by Gasteiger charge is -2.17. The minimum absolute atomic E-state index is 0.404. The topological polar surface area (TPSA) is 77.4 Å². The van der Waals surface area contributed by atoms with Gasteiger partial charge in [0.25, 0.3) is 0 Å². The van der Waals surface area contributed by atoms with E-state index in [0.717, 1.165) is 12.1 Å². The average Bonchev–Trinajstić information content (AvgIpc) is 2.98. The smallest absolute Gasteiger partial charge is 0.318 e. The molecule has 0 amide bonds. The third-order valence-corrected chi connectivity index (χ3v) is 3.07. The summed E-state index contributed by atoms with van der Waals surface area (Å²) in [7, 11) is 1.67. The van der Waals surface area contributed by atoms with Crippen LogP contribution in [0.3, 0.4) is 0 Å². The molecule has 20 heavy (non-hydrogen) atoms. The molecule has 0 saturated heterocycles. The summed E-state index contributed by atoms with van der Waals surface area (Å²) in [5.41, 5.74) is 7.08. The third kappa shape index (κ3) is 3.34. The monoisotopic (exact) mass is 276 g/mol. The predicted octanol–water partition coefficient (Wildman–Crippen LogP) is 1.59. The Labute approximate surface area is 118 Å². The molecule has 1 heterocycles. The number of nitrogens with zero attached hydrogens (tertiary/aromatic N) is 3. The van der Waals surface area contributed by atoms with Crippen LogP contribution in [-0.4, -0.2) is 37.0 Å². The fraction of sp³-hybridized carbons (Fsp3) is 0.429. The molecule has 6 nitrogen and oxygen atoms in total. The highest BCUT2D eigenvalue weighted by molar-refractivity contribution is 5.27. The van der Waals surface area contributed by atoms with E-state index in [2.05, 4.69) is 10.2 Å². The van der Waals surface area contributed by atoms with Gasteiger partial charge in [-0.25, -0.2) is 0 Å². The van der Waals surface area contributed by atoms with Gasteiger partial charge in [-0.15, -0.1) is 5.10 Å². The van der Waals surface area contributed by atoms with Crippen molar-refractivity contribution < 1.29 is 9.15 Å². The number of hydrogen-bond acceptors (Lipinski definition) is 6. The van der Waals surface area contributed by atoms with Crippen molar-refractivity contribution in [2.24, 2.45) is 5.73 Å². The summed E-state index contributed by atoms with van der Waals surface area (Å²) in [4.78, 5) is 1.96. The summed E-state index contributed by atoms with van der Waals surface area (Å²) in [6.07, 6.45) is 0. The number of hydrogen-bond donors (Lipinski definition) is 1. The number of ether oxygens (including phenoxy) is 1. The molecule has 2 rings (SSSR count). The average molecular weight is 276 g/mol. The molecule has 6 heteroatoms. The number of nitrogens with two attached hydrogens (primary N) is 1. The van der Waals surface area contributed by atoms with Crippen LogP contribution in [0.5, 0.6) is 0 Å². The molecule has 0 aliphatic carbocycles. The Balaban J connectivity index is 2.11. The largest absolute Gasteiger partial charge is 0.406 e. The van der Waals surface area contributed by atoms with Crippen LogP contribution >= 0.6 is 0 Å². The van der Waals surface area contributed by atoms with Gasteiger partial charge in [0, 0.05) is 20.2 Å². The molecule has 2 N–H and O–H groups in total. The molecule has 1 aromatic heterocycles. The van der Waals surface area contributed by atoms with Crippen molar-refractivity contribution in [2.45, 2.75) is 13.0 Å². The lowest BCUT2D eigenvalue weighted by molar-refractivity contribution is 0.204. The van der Waals surface area contributed by atoms with E-state index in [1.807, 2.05) is 42.2 Å². The minimum atomic E-state index is -0.404. The van der Waals surface area contributed by atoms with Crippen molar-refractivity contribution in [3.05, 3.63) is 41.8 Å². The van der Waals surface area contributed by atoms with E-state index in [9.17, 15) is 0 Å². The molecule has 108 valence electrons. The van der Waals surface area contributed by atoms with E-state index in [-0.39, 0.29) is 0 Å². The van der Waals surface area contributed by atoms with Crippen molar-refractivity contribution in [1.29, 1.82) is 0 Å². The van der Waals surface area contributed by atoms with E-state index in [4.69, 9.17) is 14.9 Å². The second kappa shape index (κ2) is 7.02. The number of aromatic nitrogens is 2. The van der Waals surface area contributed by atoms with Crippen molar-refractivity contribution in [3.63, 3.8) is 0 Å². The normalized spacial score (nSPS) is 12.3. The first kappa shape index (κ1) is 14.5. The SMILES string of the molecule is CCN(CCOC)c1nnc([C@H](N)c2ccccc2)o1. The van der Waals surface area contributed by atoms with Gasteiger partial charge in [0.15, 0.2) is 0 Å². The Kier molecular flexibility index (Phi) is 5.09. The first-order chi connectivity index (χ1) is 9.76. The lowest BCUT2D eigenvalue weighted by Crippen LogP contribution is -2.27. The first-order valence-corrected chi connectivity index (χ1v) is 6.64. The second-order valence-corrected chi connectivity index (χ2v) is 4.38. The van der Waals surface area contributed by atoms with E-state index in [1.165, 1.54) is 0 Å².